The molecule has 0 aliphatic heterocycles. The molecule has 1 N–H and O–H groups in total. The third-order valence-electron chi connectivity index (χ3n) is 3.44. The van der Waals surface area contributed by atoms with Crippen LogP contribution in [0.25, 0.3) is 0 Å². The monoisotopic (exact) mass is 264 g/mol. The zero-order valence-electron chi connectivity index (χ0n) is 11.4. The fourth-order valence-corrected chi connectivity index (χ4v) is 2.20. The zero-order chi connectivity index (χ0) is 13.8. The summed E-state index contributed by atoms with van der Waals surface area (Å²) in [6.07, 6.45) is 3.87. The van der Waals surface area contributed by atoms with Crippen LogP contribution in [0.1, 0.15) is 31.7 Å². The number of non-ortho nitro benzene ring substituents is 1. The predicted octanol–water partition coefficient (Wildman–Crippen LogP) is 2.88. The lowest BCUT2D eigenvalue weighted by Crippen LogP contribution is -2.25. The topological polar surface area (TPSA) is 64.4 Å². The highest BCUT2D eigenvalue weighted by Crippen LogP contribution is 2.33. The van der Waals surface area contributed by atoms with Crippen molar-refractivity contribution < 1.29 is 9.66 Å². The molecule has 0 aromatic heterocycles. The van der Waals surface area contributed by atoms with E-state index < -0.39 is 0 Å². The molecule has 0 spiro atoms. The Kier molecular flexibility index (Phi) is 4.37. The number of hydrogen-bond acceptors (Lipinski definition) is 4. The molecule has 1 atom stereocenters. The molecule has 0 amide bonds. The first-order valence-corrected chi connectivity index (χ1v) is 6.64. The molecule has 0 saturated heterocycles. The van der Waals surface area contributed by atoms with Gasteiger partial charge in [-0.2, -0.15) is 0 Å². The molecule has 1 saturated carbocycles. The van der Waals surface area contributed by atoms with Crippen LogP contribution in [0.4, 0.5) is 5.69 Å². The van der Waals surface area contributed by atoms with E-state index in [1.165, 1.54) is 32.4 Å². The van der Waals surface area contributed by atoms with Gasteiger partial charge in [-0.3, -0.25) is 10.1 Å². The van der Waals surface area contributed by atoms with Crippen molar-refractivity contribution in [1.82, 2.24) is 5.32 Å². The van der Waals surface area contributed by atoms with Crippen LogP contribution in [-0.4, -0.2) is 18.1 Å². The summed E-state index contributed by atoms with van der Waals surface area (Å²) in [5.41, 5.74) is 0.958. The van der Waals surface area contributed by atoms with E-state index in [0.717, 1.165) is 11.5 Å². The third-order valence-corrected chi connectivity index (χ3v) is 3.44. The summed E-state index contributed by atoms with van der Waals surface area (Å²) in [5, 5.41) is 14.3. The molecule has 2 rings (SSSR count). The Morgan fingerprint density at radius 3 is 2.79 bits per heavy atom. The van der Waals surface area contributed by atoms with Gasteiger partial charge >= 0.3 is 0 Å². The van der Waals surface area contributed by atoms with Gasteiger partial charge < -0.3 is 10.1 Å². The Morgan fingerprint density at radius 1 is 1.47 bits per heavy atom. The number of ether oxygens (including phenoxy) is 1. The van der Waals surface area contributed by atoms with Crippen LogP contribution < -0.4 is 10.1 Å². The standard InChI is InChI=1S/C14H20N2O3/c1-10(5-11-3-4-11)15-9-12-6-13(16(17)18)8-14(7-12)19-2/h6-8,10-11,15H,3-5,9H2,1-2H3. The van der Waals surface area contributed by atoms with E-state index >= 15 is 0 Å². The smallest absolute Gasteiger partial charge is 0.273 e. The van der Waals surface area contributed by atoms with Crippen molar-refractivity contribution in [3.05, 3.63) is 33.9 Å². The largest absolute Gasteiger partial charge is 0.496 e. The molecule has 1 aromatic carbocycles. The highest BCUT2D eigenvalue weighted by Gasteiger charge is 2.23. The maximum atomic E-state index is 10.8. The maximum Gasteiger partial charge on any atom is 0.273 e. The summed E-state index contributed by atoms with van der Waals surface area (Å²) >= 11 is 0. The van der Waals surface area contributed by atoms with E-state index in [1.807, 2.05) is 6.07 Å². The Hall–Kier alpha value is -1.62. The zero-order valence-corrected chi connectivity index (χ0v) is 11.4. The molecule has 19 heavy (non-hydrogen) atoms. The molecule has 1 aliphatic rings. The highest BCUT2D eigenvalue weighted by atomic mass is 16.6. The van der Waals surface area contributed by atoms with E-state index in [4.69, 9.17) is 4.74 Å². The van der Waals surface area contributed by atoms with E-state index in [9.17, 15) is 10.1 Å². The van der Waals surface area contributed by atoms with Crippen LogP contribution in [0.15, 0.2) is 18.2 Å². The molecule has 1 aliphatic carbocycles. The minimum atomic E-state index is -0.389. The van der Waals surface area contributed by atoms with Crippen molar-refractivity contribution in [2.75, 3.05) is 7.11 Å². The van der Waals surface area contributed by atoms with E-state index in [-0.39, 0.29) is 10.6 Å². The van der Waals surface area contributed by atoms with Gasteiger partial charge in [-0.05, 0) is 30.9 Å². The Morgan fingerprint density at radius 2 is 2.21 bits per heavy atom. The third kappa shape index (κ3) is 4.21. The van der Waals surface area contributed by atoms with Gasteiger partial charge in [0, 0.05) is 18.7 Å². The Balaban J connectivity index is 1.97. The van der Waals surface area contributed by atoms with Crippen molar-refractivity contribution >= 4 is 5.69 Å². The average molecular weight is 264 g/mol. The van der Waals surface area contributed by atoms with Crippen molar-refractivity contribution in [2.45, 2.75) is 38.8 Å². The number of nitro benzene ring substituents is 1. The van der Waals surface area contributed by atoms with Crippen molar-refractivity contribution in [3.8, 4) is 5.75 Å². The molecular weight excluding hydrogens is 244 g/mol. The predicted molar refractivity (Wildman–Crippen MR) is 73.3 cm³/mol. The lowest BCUT2D eigenvalue weighted by Gasteiger charge is -2.13. The van der Waals surface area contributed by atoms with Gasteiger partial charge in [-0.25, -0.2) is 0 Å². The number of nitrogens with zero attached hydrogens (tertiary/aromatic N) is 1. The number of methoxy groups -OCH3 is 1. The second-order valence-corrected chi connectivity index (χ2v) is 5.26. The fourth-order valence-electron chi connectivity index (χ4n) is 2.20. The van der Waals surface area contributed by atoms with Gasteiger partial charge in [0.05, 0.1) is 18.1 Å². The van der Waals surface area contributed by atoms with Crippen molar-refractivity contribution in [3.63, 3.8) is 0 Å². The summed E-state index contributed by atoms with van der Waals surface area (Å²) < 4.78 is 5.09. The molecule has 5 nitrogen and oxygen atoms in total. The second-order valence-electron chi connectivity index (χ2n) is 5.26. The molecule has 1 unspecified atom stereocenters. The van der Waals surface area contributed by atoms with E-state index in [0.29, 0.717) is 18.3 Å². The van der Waals surface area contributed by atoms with E-state index in [2.05, 4.69) is 12.2 Å². The minimum Gasteiger partial charge on any atom is -0.496 e. The van der Waals surface area contributed by atoms with Gasteiger partial charge in [0.15, 0.2) is 0 Å². The molecule has 5 heteroatoms. The first kappa shape index (κ1) is 13.8. The number of benzene rings is 1. The lowest BCUT2D eigenvalue weighted by molar-refractivity contribution is -0.385. The van der Waals surface area contributed by atoms with Crippen LogP contribution in [0.5, 0.6) is 5.75 Å². The summed E-state index contributed by atoms with van der Waals surface area (Å²) in [4.78, 5) is 10.5. The molecule has 104 valence electrons. The maximum absolute atomic E-state index is 10.8. The van der Waals surface area contributed by atoms with Gasteiger partial charge in [-0.1, -0.05) is 12.8 Å². The van der Waals surface area contributed by atoms with Gasteiger partial charge in [-0.15, -0.1) is 0 Å². The summed E-state index contributed by atoms with van der Waals surface area (Å²) in [6.45, 7) is 2.79. The lowest BCUT2D eigenvalue weighted by atomic mass is 10.1. The number of nitrogens with one attached hydrogen (secondary N) is 1. The first-order chi connectivity index (χ1) is 9.08. The molecular formula is C14H20N2O3. The normalized spacial score (nSPS) is 16.1. The van der Waals surface area contributed by atoms with Gasteiger partial charge in [0.25, 0.3) is 5.69 Å². The number of rotatable bonds is 7. The Bertz CT molecular complexity index is 458. The SMILES string of the molecule is COc1cc(CNC(C)CC2CC2)cc([N+](=O)[O-])c1. The number of hydrogen-bond donors (Lipinski definition) is 1. The van der Waals surface area contributed by atoms with Crippen LogP contribution in [-0.2, 0) is 6.54 Å². The van der Waals surface area contributed by atoms with Gasteiger partial charge in [0.2, 0.25) is 0 Å². The van der Waals surface area contributed by atoms with E-state index in [1.54, 1.807) is 6.07 Å². The average Bonchev–Trinajstić information content (AvgIpc) is 3.19. The second kappa shape index (κ2) is 6.02. The number of nitro groups is 1. The minimum absolute atomic E-state index is 0.0750. The summed E-state index contributed by atoms with van der Waals surface area (Å²) in [5.74, 6) is 1.41. The summed E-state index contributed by atoms with van der Waals surface area (Å²) in [7, 11) is 1.52. The Labute approximate surface area is 113 Å². The first-order valence-electron chi connectivity index (χ1n) is 6.64. The quantitative estimate of drug-likeness (QED) is 0.607. The molecule has 0 bridgehead atoms. The van der Waals surface area contributed by atoms with Crippen LogP contribution >= 0.6 is 0 Å². The van der Waals surface area contributed by atoms with Crippen molar-refractivity contribution in [1.29, 1.82) is 0 Å². The van der Waals surface area contributed by atoms with Crippen LogP contribution in [0, 0.1) is 16.0 Å². The molecule has 1 aromatic rings. The van der Waals surface area contributed by atoms with Crippen LogP contribution in [0.3, 0.4) is 0 Å². The van der Waals surface area contributed by atoms with Crippen LogP contribution in [0.2, 0.25) is 0 Å². The summed E-state index contributed by atoms with van der Waals surface area (Å²) in [6, 6.07) is 5.32. The molecule has 0 heterocycles. The van der Waals surface area contributed by atoms with Crippen molar-refractivity contribution in [2.24, 2.45) is 5.92 Å². The fraction of sp³-hybridized carbons (Fsp3) is 0.571. The molecule has 0 radical (unpaired) electrons. The molecule has 1 fully saturated rings. The highest BCUT2D eigenvalue weighted by molar-refractivity contribution is 5.42. The van der Waals surface area contributed by atoms with Gasteiger partial charge in [0.1, 0.15) is 5.75 Å².